The number of alkyl halides is 2. The third-order valence-corrected chi connectivity index (χ3v) is 8.88. The van der Waals surface area contributed by atoms with E-state index in [1.807, 2.05) is 18.2 Å². The van der Waals surface area contributed by atoms with Crippen molar-refractivity contribution in [3.63, 3.8) is 0 Å². The van der Waals surface area contributed by atoms with Crippen LogP contribution in [0.4, 0.5) is 0 Å². The van der Waals surface area contributed by atoms with Gasteiger partial charge in [0.1, 0.15) is 5.84 Å². The molecule has 0 spiro atoms. The number of benzene rings is 2. The van der Waals surface area contributed by atoms with Gasteiger partial charge in [-0.2, -0.15) is 10.4 Å². The molecule has 0 heterocycles. The lowest BCUT2D eigenvalue weighted by Crippen LogP contribution is -2.23. The summed E-state index contributed by atoms with van der Waals surface area (Å²) in [5.41, 5.74) is 31.3. The number of hydrogen-bond donors (Lipinski definition) is 8. The summed E-state index contributed by atoms with van der Waals surface area (Å²) in [4.78, 5) is 20.8. The summed E-state index contributed by atoms with van der Waals surface area (Å²) in [5, 5.41) is 29.2. The Morgan fingerprint density at radius 2 is 1.63 bits per heavy atom. The van der Waals surface area contributed by atoms with Gasteiger partial charge < -0.3 is 43.9 Å². The van der Waals surface area contributed by atoms with Crippen molar-refractivity contribution in [2.45, 2.75) is 40.0 Å². The monoisotopic (exact) mass is 851 g/mol. The van der Waals surface area contributed by atoms with E-state index < -0.39 is 7.60 Å². The molecule has 18 heteroatoms. The summed E-state index contributed by atoms with van der Waals surface area (Å²) < 4.78 is 16.6. The van der Waals surface area contributed by atoms with E-state index in [0.29, 0.717) is 36.1 Å². The first-order valence-electron chi connectivity index (χ1n) is 15.1. The molecule has 0 saturated carbocycles. The number of guanidine groups is 2. The van der Waals surface area contributed by atoms with Gasteiger partial charge in [-0.25, -0.2) is 0 Å². The van der Waals surface area contributed by atoms with E-state index in [2.05, 4.69) is 71.2 Å². The number of fused-ring (bicyclic) bond motifs is 2. The number of allylic oxidation sites excluding steroid dienone is 4. The summed E-state index contributed by atoms with van der Waals surface area (Å²) in [6.45, 7) is 1.85. The maximum absolute atomic E-state index is 11.7. The van der Waals surface area contributed by atoms with Crippen LogP contribution in [0.1, 0.15) is 65.4 Å². The number of amidine groups is 1. The Labute approximate surface area is 316 Å². The number of halogens is 2. The third-order valence-electron chi connectivity index (χ3n) is 6.80. The van der Waals surface area contributed by atoms with Crippen LogP contribution in [0.25, 0.3) is 0 Å². The van der Waals surface area contributed by atoms with Crippen LogP contribution in [0.3, 0.4) is 0 Å². The quantitative estimate of drug-likeness (QED) is 0.0320. The van der Waals surface area contributed by atoms with Crippen LogP contribution in [0.5, 0.6) is 0 Å². The Hall–Kier alpha value is -4.33. The van der Waals surface area contributed by atoms with Gasteiger partial charge in [0.2, 0.25) is 11.9 Å². The second-order valence-corrected chi connectivity index (χ2v) is 13.5. The number of hydrogen-bond acceptors (Lipinski definition) is 9. The first-order chi connectivity index (χ1) is 23.8. The minimum Gasteiger partial charge on any atom is -0.384 e. The topological polar surface area (TPSA) is 304 Å². The number of nitrogens with zero attached hydrogens (tertiary/aromatic N) is 4. The van der Waals surface area contributed by atoms with Crippen molar-refractivity contribution in [3.8, 4) is 6.07 Å². The van der Waals surface area contributed by atoms with E-state index in [1.54, 1.807) is 37.3 Å². The Balaban J connectivity index is 0.000000849. The summed E-state index contributed by atoms with van der Waals surface area (Å²) in [6, 6.07) is 12.9. The van der Waals surface area contributed by atoms with E-state index >= 15 is 0 Å². The molecule has 0 radical (unpaired) electrons. The second-order valence-electron chi connectivity index (χ2n) is 10.3. The Bertz CT molecular complexity index is 1690. The number of carbonyl (C=O) groups excluding carboxylic acids is 1. The van der Waals surface area contributed by atoms with Gasteiger partial charge in [0.25, 0.3) is 0 Å². The number of nitrogen functional groups attached to an aromatic ring is 1. The first-order valence-corrected chi connectivity index (χ1v) is 19.1. The fourth-order valence-electron chi connectivity index (χ4n) is 4.75. The lowest BCUT2D eigenvalue weighted by atomic mass is 9.99. The van der Waals surface area contributed by atoms with Gasteiger partial charge in [0, 0.05) is 39.7 Å². The molecule has 0 saturated heterocycles. The highest BCUT2D eigenvalue weighted by molar-refractivity contribution is 9.09. The minimum atomic E-state index is -3.59. The van der Waals surface area contributed by atoms with E-state index in [1.165, 1.54) is 0 Å². The van der Waals surface area contributed by atoms with Crippen LogP contribution in [-0.4, -0.2) is 57.6 Å². The van der Waals surface area contributed by atoms with Crippen molar-refractivity contribution in [2.24, 2.45) is 55.7 Å². The van der Waals surface area contributed by atoms with E-state index in [0.717, 1.165) is 39.3 Å². The number of hydrazone groups is 1. The Kier molecular flexibility index (Phi) is 22.7. The lowest BCUT2D eigenvalue weighted by molar-refractivity contribution is 0.0994. The molecule has 0 aromatic heterocycles. The van der Waals surface area contributed by atoms with Crippen LogP contribution in [-0.2, 0) is 21.9 Å². The fraction of sp³-hybridized carbons (Fsp3) is 0.333. The van der Waals surface area contributed by atoms with Crippen molar-refractivity contribution in [1.82, 2.24) is 0 Å². The summed E-state index contributed by atoms with van der Waals surface area (Å²) in [7, 11) is -3.59. The van der Waals surface area contributed by atoms with E-state index in [9.17, 15) is 14.3 Å². The number of ketones is 1. The predicted molar refractivity (Wildman–Crippen MR) is 214 cm³/mol. The van der Waals surface area contributed by atoms with Crippen LogP contribution in [0.2, 0.25) is 0 Å². The molecule has 2 atom stereocenters. The van der Waals surface area contributed by atoms with E-state index in [-0.39, 0.29) is 49.7 Å². The zero-order valence-electron chi connectivity index (χ0n) is 27.6. The molecule has 2 aliphatic rings. The molecule has 2 aliphatic carbocycles. The van der Waals surface area contributed by atoms with Gasteiger partial charge in [-0.1, -0.05) is 93.9 Å². The minimum absolute atomic E-state index is 0. The van der Waals surface area contributed by atoms with Gasteiger partial charge in [0.05, 0.1) is 30.1 Å². The van der Waals surface area contributed by atoms with E-state index in [4.69, 9.17) is 43.9 Å². The zero-order valence-corrected chi connectivity index (χ0v) is 31.7. The summed E-state index contributed by atoms with van der Waals surface area (Å²) >= 11 is 6.49. The van der Waals surface area contributed by atoms with Crippen molar-refractivity contribution >= 4 is 68.7 Å². The molecule has 4 rings (SSSR count). The highest BCUT2D eigenvalue weighted by Crippen LogP contribution is 2.41. The number of nitriles is 1. The van der Waals surface area contributed by atoms with Crippen molar-refractivity contribution < 1.29 is 18.8 Å². The van der Waals surface area contributed by atoms with Gasteiger partial charge in [-0.3, -0.25) is 14.8 Å². The molecule has 0 fully saturated rings. The largest absolute Gasteiger partial charge is 0.384 e. The second kappa shape index (κ2) is 24.8. The average molecular weight is 854 g/mol. The maximum Gasteiger partial charge on any atom is 0.331 e. The van der Waals surface area contributed by atoms with Crippen LogP contribution in [0, 0.1) is 22.7 Å². The maximum atomic E-state index is 11.7. The molecule has 2 aromatic carbocycles. The number of carbonyl (C=O) groups is 1. The molecule has 278 valence electrons. The molecule has 51 heavy (non-hydrogen) atoms. The predicted octanol–water partition coefficient (Wildman–Crippen LogP) is 4.08. The van der Waals surface area contributed by atoms with Crippen LogP contribution >= 0.6 is 39.5 Å². The Morgan fingerprint density at radius 1 is 1.02 bits per heavy atom. The first kappa shape index (κ1) is 46.7. The van der Waals surface area contributed by atoms with Gasteiger partial charge >= 0.3 is 7.60 Å². The average Bonchev–Trinajstić information content (AvgIpc) is 3.65. The standard InChI is InChI=1S/C17H25N6O3P.C10H7NO.C4H6Br2.CH6N4.CH4/c1-2-26-27(24,25)9-4-3-6-11-10-14-12(15(11)22-23-17(20)21)7-5-8-13(14)16(18)19;11-6-7-2-1-3-9-8(7)4-5-10(9)12;5-3-1-2-4-6;2-1(3)5-4;/h3-5,7-8,11H,2,6,9-10H2,1H3,(H3,18,19)(H,24,25)(H4,20,21,23);1-3H,4-5H2;1-2H,3-4H2;4H2,(H4,2,3,5);1H4/b4-3+,22-15+;;2-1+;;. The molecule has 2 aromatic rings. The number of nitrogens with one attached hydrogen (secondary N) is 1. The number of Topliss-reactive ketones (excluding diaryl/α,β-unsaturated/α-hetero) is 1. The van der Waals surface area contributed by atoms with Crippen molar-refractivity contribution in [1.29, 1.82) is 10.7 Å². The van der Waals surface area contributed by atoms with Gasteiger partial charge in [0.15, 0.2) is 5.78 Å². The summed E-state index contributed by atoms with van der Waals surface area (Å²) in [5.74, 6) is 4.39. The number of nitrogens with two attached hydrogens (primary N) is 6. The smallest absolute Gasteiger partial charge is 0.331 e. The molecular formula is C33H48Br2N11O4P. The Morgan fingerprint density at radius 3 is 2.16 bits per heavy atom. The SMILES string of the molecule is BrC/C=C/CBr.C.CCOP(=O)(O)C/C=C/CC1Cc2c(C(=N)N)cccc2/C1=N/N=C(N)N.N#Cc1cccc2c1CCC2=O.NN=C(N)N. The molecule has 0 amide bonds. The van der Waals surface area contributed by atoms with Gasteiger partial charge in [-0.15, -0.1) is 10.2 Å². The van der Waals surface area contributed by atoms with Gasteiger partial charge in [-0.05, 0) is 43.4 Å². The fourth-order valence-corrected chi connectivity index (χ4v) is 6.20. The van der Waals surface area contributed by atoms with Crippen LogP contribution in [0.15, 0.2) is 76.0 Å². The molecule has 2 unspecified atom stereocenters. The lowest BCUT2D eigenvalue weighted by Gasteiger charge is -2.09. The van der Waals surface area contributed by atoms with Crippen molar-refractivity contribution in [3.05, 3.63) is 94.1 Å². The normalized spacial score (nSPS) is 15.6. The molecule has 0 aliphatic heterocycles. The van der Waals surface area contributed by atoms with Crippen molar-refractivity contribution in [2.75, 3.05) is 23.4 Å². The molecule has 14 N–H and O–H groups in total. The molecule has 0 bridgehead atoms. The highest BCUT2D eigenvalue weighted by Gasteiger charge is 2.30. The summed E-state index contributed by atoms with van der Waals surface area (Å²) in [6.07, 6.45) is 9.98. The number of rotatable bonds is 10. The van der Waals surface area contributed by atoms with Crippen LogP contribution < -0.4 is 34.5 Å². The zero-order chi connectivity index (χ0) is 37.7. The third kappa shape index (κ3) is 16.5. The molecular weight excluding hydrogens is 805 g/mol. The highest BCUT2D eigenvalue weighted by atomic mass is 79.9. The molecule has 15 nitrogen and oxygen atoms in total.